The van der Waals surface area contributed by atoms with Crippen molar-refractivity contribution in [3.8, 4) is 0 Å². The number of aryl methyl sites for hydroxylation is 1. The molecular formula is C14H15FO. The summed E-state index contributed by atoms with van der Waals surface area (Å²) in [6.45, 7) is 1.84. The number of allylic oxidation sites excluding steroid dienone is 2. The highest BCUT2D eigenvalue weighted by Crippen LogP contribution is 2.21. The van der Waals surface area contributed by atoms with Gasteiger partial charge >= 0.3 is 0 Å². The van der Waals surface area contributed by atoms with Gasteiger partial charge in [0.25, 0.3) is 0 Å². The van der Waals surface area contributed by atoms with E-state index in [-0.39, 0.29) is 11.6 Å². The molecule has 0 aromatic heterocycles. The molecule has 0 atom stereocenters. The first-order valence-corrected chi connectivity index (χ1v) is 5.64. The number of carbonyl (C=O) groups is 1. The maximum Gasteiger partial charge on any atom is 0.162 e. The number of benzene rings is 1. The highest BCUT2D eigenvalue weighted by atomic mass is 19.1. The molecule has 2 heteroatoms. The van der Waals surface area contributed by atoms with E-state index in [0.29, 0.717) is 6.42 Å². The van der Waals surface area contributed by atoms with Gasteiger partial charge in [0.15, 0.2) is 5.78 Å². The smallest absolute Gasteiger partial charge is 0.162 e. The van der Waals surface area contributed by atoms with Crippen LogP contribution in [0.15, 0.2) is 29.8 Å². The fraction of sp³-hybridized carbons (Fsp3) is 0.357. The molecule has 0 heterocycles. The molecule has 1 aliphatic rings. The van der Waals surface area contributed by atoms with Crippen LogP contribution >= 0.6 is 0 Å². The third-order valence-electron chi connectivity index (χ3n) is 3.05. The molecule has 1 aromatic carbocycles. The van der Waals surface area contributed by atoms with Crippen molar-refractivity contribution in [2.24, 2.45) is 0 Å². The highest BCUT2D eigenvalue weighted by molar-refractivity contribution is 5.97. The van der Waals surface area contributed by atoms with Crippen LogP contribution in [0.5, 0.6) is 0 Å². The van der Waals surface area contributed by atoms with Crippen LogP contribution in [0, 0.1) is 12.7 Å². The lowest BCUT2D eigenvalue weighted by Gasteiger charge is -2.05. The topological polar surface area (TPSA) is 17.1 Å². The summed E-state index contributed by atoms with van der Waals surface area (Å²) in [6.07, 6.45) is 5.44. The summed E-state index contributed by atoms with van der Waals surface area (Å²) in [7, 11) is 0. The number of ketones is 1. The Morgan fingerprint density at radius 3 is 2.88 bits per heavy atom. The second-order valence-electron chi connectivity index (χ2n) is 4.29. The molecule has 2 rings (SSSR count). The molecule has 0 N–H and O–H groups in total. The highest BCUT2D eigenvalue weighted by Gasteiger charge is 2.14. The summed E-state index contributed by atoms with van der Waals surface area (Å²) in [5.41, 5.74) is 2.73. The standard InChI is InChI=1S/C14H15FO/c1-10-8-13(15)7-6-12(10)9-14(16)11-4-2-3-5-11/h4,6-8H,2-3,5,9H2,1H3. The van der Waals surface area contributed by atoms with Crippen molar-refractivity contribution < 1.29 is 9.18 Å². The third kappa shape index (κ3) is 2.38. The molecule has 0 saturated heterocycles. The molecule has 0 bridgehead atoms. The van der Waals surface area contributed by atoms with Crippen LogP contribution in [0.1, 0.15) is 30.4 Å². The van der Waals surface area contributed by atoms with Crippen molar-refractivity contribution in [2.75, 3.05) is 0 Å². The summed E-state index contributed by atoms with van der Waals surface area (Å²) in [5.74, 6) is -0.0546. The SMILES string of the molecule is Cc1cc(F)ccc1CC(=O)C1=CCCC1. The van der Waals surface area contributed by atoms with Crippen LogP contribution < -0.4 is 0 Å². The van der Waals surface area contributed by atoms with Gasteiger partial charge in [0.05, 0.1) is 0 Å². The molecule has 0 saturated carbocycles. The minimum atomic E-state index is -0.242. The average Bonchev–Trinajstić information content (AvgIpc) is 2.75. The van der Waals surface area contributed by atoms with Gasteiger partial charge in [-0.15, -0.1) is 0 Å². The van der Waals surface area contributed by atoms with E-state index in [1.54, 1.807) is 6.07 Å². The van der Waals surface area contributed by atoms with Gasteiger partial charge in [-0.05, 0) is 55.0 Å². The van der Waals surface area contributed by atoms with Crippen molar-refractivity contribution >= 4 is 5.78 Å². The zero-order valence-corrected chi connectivity index (χ0v) is 9.42. The van der Waals surface area contributed by atoms with Gasteiger partial charge in [0.2, 0.25) is 0 Å². The maximum atomic E-state index is 12.9. The number of hydrogen-bond donors (Lipinski definition) is 0. The van der Waals surface area contributed by atoms with E-state index in [0.717, 1.165) is 36.0 Å². The second kappa shape index (κ2) is 4.60. The monoisotopic (exact) mass is 218 g/mol. The minimum absolute atomic E-state index is 0.187. The Morgan fingerprint density at radius 2 is 2.25 bits per heavy atom. The van der Waals surface area contributed by atoms with Crippen LogP contribution in [0.25, 0.3) is 0 Å². The van der Waals surface area contributed by atoms with Gasteiger partial charge in [0, 0.05) is 6.42 Å². The summed E-state index contributed by atoms with van der Waals surface area (Å²) in [5, 5.41) is 0. The van der Waals surface area contributed by atoms with E-state index >= 15 is 0 Å². The van der Waals surface area contributed by atoms with E-state index in [2.05, 4.69) is 0 Å². The Bertz CT molecular complexity index is 446. The largest absolute Gasteiger partial charge is 0.294 e. The average molecular weight is 218 g/mol. The quantitative estimate of drug-likeness (QED) is 0.760. The Kier molecular flexibility index (Phi) is 3.18. The van der Waals surface area contributed by atoms with Crippen LogP contribution in [0.4, 0.5) is 4.39 Å². The lowest BCUT2D eigenvalue weighted by atomic mass is 9.99. The molecule has 1 aliphatic carbocycles. The number of carbonyl (C=O) groups excluding carboxylic acids is 1. The molecule has 1 nitrogen and oxygen atoms in total. The molecule has 84 valence electrons. The minimum Gasteiger partial charge on any atom is -0.294 e. The molecular weight excluding hydrogens is 203 g/mol. The summed E-state index contributed by atoms with van der Waals surface area (Å²) < 4.78 is 12.9. The zero-order valence-electron chi connectivity index (χ0n) is 9.42. The molecule has 0 fully saturated rings. The first-order valence-electron chi connectivity index (χ1n) is 5.64. The van der Waals surface area contributed by atoms with Crippen molar-refractivity contribution in [3.63, 3.8) is 0 Å². The van der Waals surface area contributed by atoms with Gasteiger partial charge < -0.3 is 0 Å². The Labute approximate surface area is 95.0 Å². The second-order valence-corrected chi connectivity index (χ2v) is 4.29. The van der Waals surface area contributed by atoms with Gasteiger partial charge in [-0.3, -0.25) is 4.79 Å². The Morgan fingerprint density at radius 1 is 1.44 bits per heavy atom. The van der Waals surface area contributed by atoms with Crippen molar-refractivity contribution in [3.05, 3.63) is 46.8 Å². The van der Waals surface area contributed by atoms with Gasteiger partial charge in [-0.1, -0.05) is 12.1 Å². The van der Waals surface area contributed by atoms with Crippen molar-refractivity contribution in [2.45, 2.75) is 32.6 Å². The number of rotatable bonds is 3. The lowest BCUT2D eigenvalue weighted by molar-refractivity contribution is -0.115. The third-order valence-corrected chi connectivity index (χ3v) is 3.05. The molecule has 0 amide bonds. The Hall–Kier alpha value is -1.44. The predicted octanol–water partition coefficient (Wildman–Crippen LogP) is 3.36. The number of hydrogen-bond acceptors (Lipinski definition) is 1. The Balaban J connectivity index is 2.11. The maximum absolute atomic E-state index is 12.9. The van der Waals surface area contributed by atoms with Crippen LogP contribution in [-0.2, 0) is 11.2 Å². The number of halogens is 1. The molecule has 0 radical (unpaired) electrons. The van der Waals surface area contributed by atoms with Gasteiger partial charge in [-0.2, -0.15) is 0 Å². The molecule has 0 unspecified atom stereocenters. The van der Waals surface area contributed by atoms with Crippen LogP contribution in [0.3, 0.4) is 0 Å². The van der Waals surface area contributed by atoms with E-state index in [1.807, 2.05) is 13.0 Å². The van der Waals surface area contributed by atoms with Crippen molar-refractivity contribution in [1.29, 1.82) is 0 Å². The summed E-state index contributed by atoms with van der Waals surface area (Å²) in [4.78, 5) is 11.9. The van der Waals surface area contributed by atoms with E-state index in [1.165, 1.54) is 12.1 Å². The normalized spacial score (nSPS) is 15.0. The van der Waals surface area contributed by atoms with E-state index < -0.39 is 0 Å². The lowest BCUT2D eigenvalue weighted by Crippen LogP contribution is -2.06. The van der Waals surface area contributed by atoms with Gasteiger partial charge in [-0.25, -0.2) is 4.39 Å². The fourth-order valence-corrected chi connectivity index (χ4v) is 2.07. The summed E-state index contributed by atoms with van der Waals surface area (Å²) >= 11 is 0. The molecule has 16 heavy (non-hydrogen) atoms. The first kappa shape index (κ1) is 11.1. The molecule has 0 aliphatic heterocycles. The van der Waals surface area contributed by atoms with E-state index in [9.17, 15) is 9.18 Å². The zero-order chi connectivity index (χ0) is 11.5. The van der Waals surface area contributed by atoms with Crippen LogP contribution in [0.2, 0.25) is 0 Å². The predicted molar refractivity (Wildman–Crippen MR) is 61.8 cm³/mol. The van der Waals surface area contributed by atoms with E-state index in [4.69, 9.17) is 0 Å². The summed E-state index contributed by atoms with van der Waals surface area (Å²) in [6, 6.07) is 4.60. The van der Waals surface area contributed by atoms with Crippen LogP contribution in [-0.4, -0.2) is 5.78 Å². The first-order chi connectivity index (χ1) is 7.66. The molecule has 1 aromatic rings. The molecule has 0 spiro atoms. The van der Waals surface area contributed by atoms with Gasteiger partial charge in [0.1, 0.15) is 5.82 Å². The number of Topliss-reactive ketones (excluding diaryl/α,β-unsaturated/α-hetero) is 1. The van der Waals surface area contributed by atoms with Crippen molar-refractivity contribution in [1.82, 2.24) is 0 Å². The fourth-order valence-electron chi connectivity index (χ4n) is 2.07.